The SMILES string of the molecule is CCn1c(=O)c(-c2ccc(-c3cccn3C)cc2C(F)(F)F)cc2cnc(Nc3ccc(C4CCCCO4)cc3)nc21. The van der Waals surface area contributed by atoms with Crippen LogP contribution in [0.4, 0.5) is 24.8 Å². The molecule has 0 aliphatic carbocycles. The highest BCUT2D eigenvalue weighted by Crippen LogP contribution is 2.39. The van der Waals surface area contributed by atoms with Crippen LogP contribution in [-0.4, -0.2) is 25.7 Å². The number of anilines is 2. The maximum Gasteiger partial charge on any atom is 0.417 e. The first kappa shape index (κ1) is 27.7. The smallest absolute Gasteiger partial charge is 0.374 e. The summed E-state index contributed by atoms with van der Waals surface area (Å²) in [7, 11) is 1.77. The first-order valence-electron chi connectivity index (χ1n) is 14.0. The molecule has 0 radical (unpaired) electrons. The number of nitrogens with one attached hydrogen (secondary N) is 1. The maximum atomic E-state index is 14.3. The lowest BCUT2D eigenvalue weighted by Crippen LogP contribution is -2.23. The molecule has 3 aromatic heterocycles. The second kappa shape index (κ2) is 11.1. The number of rotatable bonds is 6. The van der Waals surface area contributed by atoms with E-state index in [2.05, 4.69) is 15.3 Å². The van der Waals surface area contributed by atoms with Gasteiger partial charge in [-0.2, -0.15) is 18.2 Å². The standard InChI is InChI=1S/C32H30F3N5O2/c1-3-40-29-22(19-36-31(38-29)37-23-12-9-20(10-13-23)28-8-4-5-16-42-28)17-25(30(40)41)24-14-11-21(18-26(24)32(33,34)35)27-7-6-15-39(27)2/h6-7,9-15,17-19,28H,3-5,8,16H2,1-2H3,(H,36,37,38). The third-order valence-corrected chi connectivity index (χ3v) is 7.72. The Morgan fingerprint density at radius 2 is 1.86 bits per heavy atom. The molecule has 0 saturated carbocycles. The fraction of sp³-hybridized carbons (Fsp3) is 0.281. The van der Waals surface area contributed by atoms with E-state index < -0.39 is 17.3 Å². The van der Waals surface area contributed by atoms with Crippen LogP contribution in [0.2, 0.25) is 0 Å². The van der Waals surface area contributed by atoms with Gasteiger partial charge in [0.25, 0.3) is 5.56 Å². The van der Waals surface area contributed by atoms with E-state index in [-0.39, 0.29) is 29.7 Å². The largest absolute Gasteiger partial charge is 0.417 e. The van der Waals surface area contributed by atoms with E-state index in [1.807, 2.05) is 24.3 Å². The predicted octanol–water partition coefficient (Wildman–Crippen LogP) is 7.49. The van der Waals surface area contributed by atoms with E-state index >= 15 is 0 Å². The normalized spacial score (nSPS) is 15.7. The van der Waals surface area contributed by atoms with E-state index in [1.54, 1.807) is 42.9 Å². The Balaban J connectivity index is 1.36. The summed E-state index contributed by atoms with van der Waals surface area (Å²) in [5.74, 6) is 0.279. The average Bonchev–Trinajstić information content (AvgIpc) is 3.43. The van der Waals surface area contributed by atoms with Crippen LogP contribution in [0.25, 0.3) is 33.4 Å². The highest BCUT2D eigenvalue weighted by atomic mass is 19.4. The highest BCUT2D eigenvalue weighted by molar-refractivity contribution is 5.83. The molecule has 1 unspecified atom stereocenters. The van der Waals surface area contributed by atoms with Gasteiger partial charge in [0.05, 0.1) is 11.7 Å². The molecule has 1 fully saturated rings. The summed E-state index contributed by atoms with van der Waals surface area (Å²) in [6.45, 7) is 2.75. The van der Waals surface area contributed by atoms with E-state index in [0.717, 1.165) is 43.2 Å². The van der Waals surface area contributed by atoms with Crippen molar-refractivity contribution in [3.8, 4) is 22.4 Å². The molecular weight excluding hydrogens is 543 g/mol. The minimum atomic E-state index is -4.67. The van der Waals surface area contributed by atoms with Crippen molar-refractivity contribution in [3.63, 3.8) is 0 Å². The van der Waals surface area contributed by atoms with Gasteiger partial charge in [-0.25, -0.2) is 4.98 Å². The lowest BCUT2D eigenvalue weighted by atomic mass is 9.96. The first-order valence-corrected chi connectivity index (χ1v) is 14.0. The molecule has 0 spiro atoms. The zero-order chi connectivity index (χ0) is 29.4. The van der Waals surface area contributed by atoms with Gasteiger partial charge >= 0.3 is 6.18 Å². The van der Waals surface area contributed by atoms with Crippen molar-refractivity contribution in [1.82, 2.24) is 19.1 Å². The number of pyridine rings is 1. The topological polar surface area (TPSA) is 74.0 Å². The van der Waals surface area contributed by atoms with Crippen molar-refractivity contribution in [2.75, 3.05) is 11.9 Å². The summed E-state index contributed by atoms with van der Waals surface area (Å²) in [6, 6.07) is 16.9. The quantitative estimate of drug-likeness (QED) is 0.228. The lowest BCUT2D eigenvalue weighted by molar-refractivity contribution is -0.137. The number of hydrogen-bond donors (Lipinski definition) is 1. The monoisotopic (exact) mass is 573 g/mol. The van der Waals surface area contributed by atoms with Crippen molar-refractivity contribution >= 4 is 22.7 Å². The molecule has 0 bridgehead atoms. The van der Waals surface area contributed by atoms with Gasteiger partial charge in [-0.3, -0.25) is 9.36 Å². The second-order valence-electron chi connectivity index (χ2n) is 10.4. The lowest BCUT2D eigenvalue weighted by Gasteiger charge is -2.23. The molecule has 10 heteroatoms. The molecule has 2 aromatic carbocycles. The molecule has 1 atom stereocenters. The van der Waals surface area contributed by atoms with Gasteiger partial charge in [-0.1, -0.05) is 24.3 Å². The molecule has 42 heavy (non-hydrogen) atoms. The Morgan fingerprint density at radius 1 is 1.05 bits per heavy atom. The number of aromatic nitrogens is 4. The summed E-state index contributed by atoms with van der Waals surface area (Å²) in [5.41, 5.74) is 1.61. The molecule has 1 saturated heterocycles. The van der Waals surface area contributed by atoms with Gasteiger partial charge in [-0.15, -0.1) is 0 Å². The number of ether oxygens (including phenoxy) is 1. The average molecular weight is 574 g/mol. The number of aryl methyl sites for hydroxylation is 2. The number of hydrogen-bond acceptors (Lipinski definition) is 5. The maximum absolute atomic E-state index is 14.3. The fourth-order valence-corrected chi connectivity index (χ4v) is 5.55. The highest BCUT2D eigenvalue weighted by Gasteiger charge is 2.35. The van der Waals surface area contributed by atoms with E-state index in [1.165, 1.54) is 22.9 Å². The number of benzene rings is 2. The van der Waals surface area contributed by atoms with Gasteiger partial charge < -0.3 is 14.6 Å². The van der Waals surface area contributed by atoms with Gasteiger partial charge in [0, 0.05) is 54.9 Å². The van der Waals surface area contributed by atoms with Crippen LogP contribution in [0.3, 0.4) is 0 Å². The van der Waals surface area contributed by atoms with Gasteiger partial charge in [-0.05, 0) is 79.3 Å². The predicted molar refractivity (Wildman–Crippen MR) is 157 cm³/mol. The molecular formula is C32H30F3N5O2. The first-order chi connectivity index (χ1) is 20.2. The molecule has 7 nitrogen and oxygen atoms in total. The van der Waals surface area contributed by atoms with Crippen LogP contribution in [0.1, 0.15) is 43.4 Å². The number of nitrogens with zero attached hydrogens (tertiary/aromatic N) is 4. The molecule has 5 aromatic rings. The van der Waals surface area contributed by atoms with Crippen LogP contribution in [-0.2, 0) is 24.5 Å². The Kier molecular flexibility index (Phi) is 7.32. The Morgan fingerprint density at radius 3 is 2.52 bits per heavy atom. The second-order valence-corrected chi connectivity index (χ2v) is 10.4. The number of halogens is 3. The molecule has 216 valence electrons. The van der Waals surface area contributed by atoms with Crippen LogP contribution in [0.15, 0.2) is 77.9 Å². The zero-order valence-electron chi connectivity index (χ0n) is 23.3. The zero-order valence-corrected chi connectivity index (χ0v) is 23.3. The van der Waals surface area contributed by atoms with Crippen LogP contribution < -0.4 is 10.9 Å². The third kappa shape index (κ3) is 5.30. The molecule has 1 aliphatic rings. The minimum Gasteiger partial charge on any atom is -0.374 e. The van der Waals surface area contributed by atoms with Crippen LogP contribution in [0.5, 0.6) is 0 Å². The van der Waals surface area contributed by atoms with Crippen molar-refractivity contribution < 1.29 is 17.9 Å². The number of alkyl halides is 3. The summed E-state index contributed by atoms with van der Waals surface area (Å²) < 4.78 is 51.9. The molecule has 0 amide bonds. The van der Waals surface area contributed by atoms with E-state index in [4.69, 9.17) is 4.74 Å². The van der Waals surface area contributed by atoms with Gasteiger partial charge in [0.2, 0.25) is 5.95 Å². The summed E-state index contributed by atoms with van der Waals surface area (Å²) in [5, 5.41) is 3.63. The molecule has 6 rings (SSSR count). The fourth-order valence-electron chi connectivity index (χ4n) is 5.55. The molecule has 4 heterocycles. The Labute approximate surface area is 240 Å². The number of fused-ring (bicyclic) bond motifs is 1. The third-order valence-electron chi connectivity index (χ3n) is 7.72. The summed E-state index contributed by atoms with van der Waals surface area (Å²) in [6.07, 6.45) is 1.96. The minimum absolute atomic E-state index is 0.0556. The van der Waals surface area contributed by atoms with Crippen molar-refractivity contribution in [2.24, 2.45) is 7.05 Å². The van der Waals surface area contributed by atoms with Crippen LogP contribution >= 0.6 is 0 Å². The van der Waals surface area contributed by atoms with Crippen molar-refractivity contribution in [3.05, 3.63) is 94.5 Å². The Hall–Kier alpha value is -4.44. The van der Waals surface area contributed by atoms with Gasteiger partial charge in [0.1, 0.15) is 5.65 Å². The van der Waals surface area contributed by atoms with Gasteiger partial charge in [0.15, 0.2) is 0 Å². The van der Waals surface area contributed by atoms with Crippen molar-refractivity contribution in [1.29, 1.82) is 0 Å². The van der Waals surface area contributed by atoms with E-state index in [0.29, 0.717) is 22.3 Å². The summed E-state index contributed by atoms with van der Waals surface area (Å²) >= 11 is 0. The van der Waals surface area contributed by atoms with Crippen molar-refractivity contribution in [2.45, 2.75) is 45.0 Å². The molecule has 1 N–H and O–H groups in total. The summed E-state index contributed by atoms with van der Waals surface area (Å²) in [4.78, 5) is 22.6. The Bertz CT molecular complexity index is 1800. The van der Waals surface area contributed by atoms with E-state index in [9.17, 15) is 18.0 Å². The van der Waals surface area contributed by atoms with Crippen LogP contribution in [0, 0.1) is 0 Å². The molecule has 1 aliphatic heterocycles.